The van der Waals surface area contributed by atoms with E-state index >= 15 is 0 Å². The molecule has 0 bridgehead atoms. The number of nitro benzene ring substituents is 1. The van der Waals surface area contributed by atoms with Crippen molar-refractivity contribution in [3.05, 3.63) is 70.9 Å². The van der Waals surface area contributed by atoms with Crippen LogP contribution >= 0.6 is 0 Å². The third-order valence-corrected chi connectivity index (χ3v) is 5.87. The normalized spacial score (nSPS) is 14.5. The number of ether oxygens (including phenoxy) is 1. The van der Waals surface area contributed by atoms with Gasteiger partial charge in [-0.15, -0.1) is 0 Å². The summed E-state index contributed by atoms with van der Waals surface area (Å²) in [7, 11) is 0. The summed E-state index contributed by atoms with van der Waals surface area (Å²) in [5.74, 6) is 1.91. The maximum absolute atomic E-state index is 11.0. The van der Waals surface area contributed by atoms with E-state index in [2.05, 4.69) is 31.8 Å². The number of fused-ring (bicyclic) bond motifs is 1. The van der Waals surface area contributed by atoms with E-state index in [1.54, 1.807) is 18.2 Å². The monoisotopic (exact) mass is 445 g/mol. The van der Waals surface area contributed by atoms with Crippen LogP contribution in [0, 0.1) is 10.1 Å². The molecule has 0 atom stereocenters. The molecule has 10 nitrogen and oxygen atoms in total. The van der Waals surface area contributed by atoms with Gasteiger partial charge >= 0.3 is 0 Å². The molecule has 3 aromatic heterocycles. The molecule has 0 saturated carbocycles. The van der Waals surface area contributed by atoms with E-state index in [0.717, 1.165) is 54.8 Å². The predicted molar refractivity (Wildman–Crippen MR) is 123 cm³/mol. The van der Waals surface area contributed by atoms with E-state index in [-0.39, 0.29) is 11.8 Å². The number of nitrogens with zero attached hydrogens (tertiary/aromatic N) is 7. The lowest BCUT2D eigenvalue weighted by Gasteiger charge is -2.31. The van der Waals surface area contributed by atoms with Crippen molar-refractivity contribution in [2.45, 2.75) is 32.3 Å². The van der Waals surface area contributed by atoms with Crippen LogP contribution in [0.5, 0.6) is 5.88 Å². The van der Waals surface area contributed by atoms with Crippen LogP contribution in [0.25, 0.3) is 16.7 Å². The minimum atomic E-state index is -0.398. The molecule has 0 unspecified atom stereocenters. The average molecular weight is 445 g/mol. The van der Waals surface area contributed by atoms with E-state index in [1.807, 2.05) is 29.2 Å². The van der Waals surface area contributed by atoms with Crippen molar-refractivity contribution >= 4 is 22.5 Å². The summed E-state index contributed by atoms with van der Waals surface area (Å²) in [6, 6.07) is 8.39. The van der Waals surface area contributed by atoms with Crippen LogP contribution in [0.3, 0.4) is 0 Å². The lowest BCUT2D eigenvalue weighted by molar-refractivity contribution is -0.384. The fraction of sp³-hybridized carbons (Fsp3) is 0.304. The summed E-state index contributed by atoms with van der Waals surface area (Å²) in [6.07, 6.45) is 9.73. The second-order valence-corrected chi connectivity index (χ2v) is 7.95. The molecule has 1 saturated heterocycles. The highest BCUT2D eigenvalue weighted by Gasteiger charge is 2.23. The number of nitro groups is 1. The maximum atomic E-state index is 11.0. The van der Waals surface area contributed by atoms with Crippen molar-refractivity contribution in [1.29, 1.82) is 0 Å². The van der Waals surface area contributed by atoms with Gasteiger partial charge in [-0.1, -0.05) is 6.92 Å². The van der Waals surface area contributed by atoms with Gasteiger partial charge in [0.2, 0.25) is 11.8 Å². The second kappa shape index (κ2) is 8.81. The molecule has 1 aliphatic heterocycles. The molecule has 1 fully saturated rings. The predicted octanol–water partition coefficient (Wildman–Crippen LogP) is 3.73. The fourth-order valence-corrected chi connectivity index (χ4v) is 4.01. The molecule has 1 aliphatic rings. The lowest BCUT2D eigenvalue weighted by atomic mass is 10.1. The van der Waals surface area contributed by atoms with Crippen molar-refractivity contribution in [3.8, 4) is 11.7 Å². The number of aromatic nitrogens is 5. The van der Waals surface area contributed by atoms with Gasteiger partial charge in [0.25, 0.3) is 5.69 Å². The van der Waals surface area contributed by atoms with Crippen LogP contribution in [0.2, 0.25) is 0 Å². The minimum absolute atomic E-state index is 0.0444. The van der Waals surface area contributed by atoms with Crippen LogP contribution in [0.15, 0.2) is 55.2 Å². The molecule has 0 aliphatic carbocycles. The van der Waals surface area contributed by atoms with Crippen molar-refractivity contribution in [2.75, 3.05) is 18.0 Å². The Labute approximate surface area is 190 Å². The van der Waals surface area contributed by atoms with Crippen molar-refractivity contribution < 1.29 is 9.66 Å². The Balaban J connectivity index is 1.27. The Hall–Kier alpha value is -4.08. The Kier molecular flexibility index (Phi) is 5.55. The molecule has 168 valence electrons. The molecule has 33 heavy (non-hydrogen) atoms. The minimum Gasteiger partial charge on any atom is -0.474 e. The smallest absolute Gasteiger partial charge is 0.270 e. The van der Waals surface area contributed by atoms with E-state index < -0.39 is 4.92 Å². The standard InChI is InChI=1S/C23H23N7O3/c1-2-16-13-24-23(25-14-16)28-8-6-19(7-9-28)33-22-12-21(26-15-27-22)29-10-5-17-11-18(30(31)32)3-4-20(17)29/h3-5,10-15,19H,2,6-9H2,1H3. The Morgan fingerprint density at radius 3 is 2.61 bits per heavy atom. The Morgan fingerprint density at radius 1 is 1.09 bits per heavy atom. The van der Waals surface area contributed by atoms with Gasteiger partial charge < -0.3 is 14.2 Å². The number of rotatable bonds is 6. The number of piperidine rings is 1. The fourth-order valence-electron chi connectivity index (χ4n) is 4.01. The van der Waals surface area contributed by atoms with Crippen molar-refractivity contribution in [3.63, 3.8) is 0 Å². The van der Waals surface area contributed by atoms with Gasteiger partial charge in [-0.2, -0.15) is 0 Å². The van der Waals surface area contributed by atoms with E-state index in [9.17, 15) is 10.1 Å². The first-order chi connectivity index (χ1) is 16.1. The molecule has 1 aromatic carbocycles. The summed E-state index contributed by atoms with van der Waals surface area (Å²) >= 11 is 0. The van der Waals surface area contributed by atoms with Crippen molar-refractivity contribution in [2.24, 2.45) is 0 Å². The Morgan fingerprint density at radius 2 is 1.88 bits per heavy atom. The molecule has 0 N–H and O–H groups in total. The lowest BCUT2D eigenvalue weighted by Crippen LogP contribution is -2.39. The molecule has 5 rings (SSSR count). The zero-order valence-corrected chi connectivity index (χ0v) is 18.2. The molecule has 0 radical (unpaired) electrons. The van der Waals surface area contributed by atoms with Crippen LogP contribution in [0.1, 0.15) is 25.3 Å². The third-order valence-electron chi connectivity index (χ3n) is 5.87. The summed E-state index contributed by atoms with van der Waals surface area (Å²) < 4.78 is 8.02. The van der Waals surface area contributed by atoms with E-state index in [1.165, 1.54) is 12.4 Å². The van der Waals surface area contributed by atoms with Gasteiger partial charge in [-0.25, -0.2) is 19.9 Å². The first kappa shape index (κ1) is 20.8. The molecule has 4 aromatic rings. The van der Waals surface area contributed by atoms with Gasteiger partial charge in [0.05, 0.1) is 10.4 Å². The molecule has 4 heterocycles. The van der Waals surface area contributed by atoms with Crippen LogP contribution < -0.4 is 9.64 Å². The number of hydrogen-bond donors (Lipinski definition) is 0. The summed E-state index contributed by atoms with van der Waals surface area (Å²) in [5.41, 5.74) is 2.02. The molecule has 0 amide bonds. The number of anilines is 1. The summed E-state index contributed by atoms with van der Waals surface area (Å²) in [5, 5.41) is 11.8. The number of non-ortho nitro benzene ring substituents is 1. The number of hydrogen-bond acceptors (Lipinski definition) is 8. The zero-order valence-electron chi connectivity index (χ0n) is 18.2. The highest BCUT2D eigenvalue weighted by molar-refractivity contribution is 5.83. The van der Waals surface area contributed by atoms with E-state index in [0.29, 0.717) is 11.7 Å². The summed E-state index contributed by atoms with van der Waals surface area (Å²) in [4.78, 5) is 30.4. The largest absolute Gasteiger partial charge is 0.474 e. The van der Waals surface area contributed by atoms with Gasteiger partial charge in [-0.3, -0.25) is 10.1 Å². The number of aryl methyl sites for hydroxylation is 1. The highest BCUT2D eigenvalue weighted by Crippen LogP contribution is 2.26. The van der Waals surface area contributed by atoms with Crippen LogP contribution in [0.4, 0.5) is 11.6 Å². The van der Waals surface area contributed by atoms with Crippen LogP contribution in [-0.4, -0.2) is 48.6 Å². The maximum Gasteiger partial charge on any atom is 0.270 e. The SMILES string of the molecule is CCc1cnc(N2CCC(Oc3cc(-n4ccc5cc([N+](=O)[O-])ccc54)ncn3)CC2)nc1. The molecular weight excluding hydrogens is 422 g/mol. The van der Waals surface area contributed by atoms with Gasteiger partial charge in [-0.05, 0) is 24.1 Å². The first-order valence-electron chi connectivity index (χ1n) is 10.9. The van der Waals surface area contributed by atoms with E-state index in [4.69, 9.17) is 4.74 Å². The molecular formula is C23H23N7O3. The quantitative estimate of drug-likeness (QED) is 0.326. The average Bonchev–Trinajstić information content (AvgIpc) is 3.28. The number of benzene rings is 1. The van der Waals surface area contributed by atoms with Gasteiger partial charge in [0.1, 0.15) is 18.2 Å². The van der Waals surface area contributed by atoms with Gasteiger partial charge in [0, 0.05) is 68.1 Å². The van der Waals surface area contributed by atoms with Crippen molar-refractivity contribution in [1.82, 2.24) is 24.5 Å². The third kappa shape index (κ3) is 4.32. The highest BCUT2D eigenvalue weighted by atomic mass is 16.6. The zero-order chi connectivity index (χ0) is 22.8. The first-order valence-corrected chi connectivity index (χ1v) is 10.9. The van der Waals surface area contributed by atoms with Crippen LogP contribution in [-0.2, 0) is 6.42 Å². The second-order valence-electron chi connectivity index (χ2n) is 7.95. The topological polar surface area (TPSA) is 112 Å². The molecule has 0 spiro atoms. The summed E-state index contributed by atoms with van der Waals surface area (Å²) in [6.45, 7) is 3.72. The van der Waals surface area contributed by atoms with Gasteiger partial charge in [0.15, 0.2) is 0 Å². The Bertz CT molecular complexity index is 1280. The molecule has 10 heteroatoms.